The molecule has 0 aliphatic carbocycles. The lowest BCUT2D eigenvalue weighted by molar-refractivity contribution is 0.470. The van der Waals surface area contributed by atoms with Gasteiger partial charge in [-0.25, -0.2) is 4.79 Å². The average Bonchev–Trinajstić information content (AvgIpc) is 2.21. The van der Waals surface area contributed by atoms with Crippen molar-refractivity contribution in [3.63, 3.8) is 0 Å². The minimum Gasteiger partial charge on any atom is -0.507 e. The first kappa shape index (κ1) is 10.7. The molecule has 0 amide bonds. The van der Waals surface area contributed by atoms with Gasteiger partial charge in [-0.05, 0) is 22.0 Å². The number of hydrogen-bond donors (Lipinski definition) is 2. The Hall–Kier alpha value is -1.82. The highest BCUT2D eigenvalue weighted by molar-refractivity contribution is 9.10. The normalized spacial score (nSPS) is 11.3. The van der Waals surface area contributed by atoms with Crippen LogP contribution in [0.3, 0.4) is 0 Å². The van der Waals surface area contributed by atoms with E-state index in [9.17, 15) is 9.90 Å². The molecule has 0 bridgehead atoms. The first-order chi connectivity index (χ1) is 7.61. The number of benzene rings is 1. The van der Waals surface area contributed by atoms with Crippen molar-refractivity contribution in [2.45, 2.75) is 0 Å². The molecule has 0 radical (unpaired) electrons. The van der Waals surface area contributed by atoms with Gasteiger partial charge in [0.2, 0.25) is 0 Å². The zero-order chi connectivity index (χ0) is 11.7. The number of phenolic OH excluding ortho intramolecular Hbond substituents is 1. The van der Waals surface area contributed by atoms with Crippen molar-refractivity contribution in [1.82, 2.24) is 0 Å². The first-order valence-electron chi connectivity index (χ1n) is 4.31. The standard InChI is InChI=1S/C10H7BrN2O3/c11-7-2-6-5(4-13-12)1-10(15)16-9(6)3-8(7)14/h1-4,14H,12H2. The fraction of sp³-hybridized carbons (Fsp3) is 0. The summed E-state index contributed by atoms with van der Waals surface area (Å²) in [4.78, 5) is 11.2. The highest BCUT2D eigenvalue weighted by atomic mass is 79.9. The van der Waals surface area contributed by atoms with Gasteiger partial charge >= 0.3 is 5.63 Å². The van der Waals surface area contributed by atoms with Gasteiger partial charge in [0.1, 0.15) is 11.3 Å². The second-order valence-electron chi connectivity index (χ2n) is 3.10. The van der Waals surface area contributed by atoms with Crippen LogP contribution in [0, 0.1) is 0 Å². The second kappa shape index (κ2) is 3.97. The maximum absolute atomic E-state index is 11.2. The average molecular weight is 283 g/mol. The fourth-order valence-electron chi connectivity index (χ4n) is 1.38. The van der Waals surface area contributed by atoms with Crippen LogP contribution >= 0.6 is 15.9 Å². The molecule has 0 aliphatic heterocycles. The maximum Gasteiger partial charge on any atom is 0.336 e. The van der Waals surface area contributed by atoms with E-state index in [0.29, 0.717) is 15.4 Å². The predicted octanol–water partition coefficient (Wildman–Crippen LogP) is 1.55. The summed E-state index contributed by atoms with van der Waals surface area (Å²) in [6.07, 6.45) is 1.35. The Morgan fingerprint density at radius 2 is 2.19 bits per heavy atom. The van der Waals surface area contributed by atoms with E-state index in [-0.39, 0.29) is 11.3 Å². The van der Waals surface area contributed by atoms with E-state index in [4.69, 9.17) is 10.3 Å². The number of phenols is 1. The van der Waals surface area contributed by atoms with Crippen molar-refractivity contribution in [2.75, 3.05) is 0 Å². The molecule has 0 aliphatic rings. The van der Waals surface area contributed by atoms with Crippen LogP contribution in [0.15, 0.2) is 37.0 Å². The molecule has 0 atom stereocenters. The van der Waals surface area contributed by atoms with Crippen molar-refractivity contribution in [2.24, 2.45) is 10.9 Å². The van der Waals surface area contributed by atoms with Crippen LogP contribution in [0.4, 0.5) is 0 Å². The van der Waals surface area contributed by atoms with Gasteiger partial charge in [-0.1, -0.05) is 0 Å². The maximum atomic E-state index is 11.2. The van der Waals surface area contributed by atoms with Gasteiger partial charge in [0, 0.05) is 23.1 Å². The molecule has 0 spiro atoms. The summed E-state index contributed by atoms with van der Waals surface area (Å²) in [5, 5.41) is 13.5. The summed E-state index contributed by atoms with van der Waals surface area (Å²) in [6.45, 7) is 0. The monoisotopic (exact) mass is 282 g/mol. The summed E-state index contributed by atoms with van der Waals surface area (Å²) < 4.78 is 5.45. The third-order valence-electron chi connectivity index (χ3n) is 2.06. The smallest absolute Gasteiger partial charge is 0.336 e. The summed E-state index contributed by atoms with van der Waals surface area (Å²) in [5.74, 6) is 5.04. The molecule has 2 aromatic rings. The minimum atomic E-state index is -0.524. The Morgan fingerprint density at radius 3 is 2.88 bits per heavy atom. The van der Waals surface area contributed by atoms with Crippen molar-refractivity contribution >= 4 is 33.1 Å². The van der Waals surface area contributed by atoms with Crippen molar-refractivity contribution in [1.29, 1.82) is 0 Å². The number of hydrazone groups is 1. The number of nitrogens with two attached hydrogens (primary N) is 1. The van der Waals surface area contributed by atoms with E-state index in [0.717, 1.165) is 0 Å². The van der Waals surface area contributed by atoms with Gasteiger partial charge in [0.05, 0.1) is 10.7 Å². The van der Waals surface area contributed by atoms with Crippen LogP contribution in [0.25, 0.3) is 11.0 Å². The molecule has 2 rings (SSSR count). The van der Waals surface area contributed by atoms with Crippen LogP contribution in [-0.2, 0) is 0 Å². The summed E-state index contributed by atoms with van der Waals surface area (Å²) in [7, 11) is 0. The lowest BCUT2D eigenvalue weighted by Gasteiger charge is -2.02. The van der Waals surface area contributed by atoms with Crippen molar-refractivity contribution in [3.8, 4) is 5.75 Å². The van der Waals surface area contributed by atoms with Crippen LogP contribution in [-0.4, -0.2) is 11.3 Å². The molecule has 5 nitrogen and oxygen atoms in total. The van der Waals surface area contributed by atoms with E-state index >= 15 is 0 Å². The van der Waals surface area contributed by atoms with E-state index in [2.05, 4.69) is 21.0 Å². The van der Waals surface area contributed by atoms with Gasteiger partial charge in [-0.15, -0.1) is 0 Å². The lowest BCUT2D eigenvalue weighted by Crippen LogP contribution is -2.00. The van der Waals surface area contributed by atoms with Crippen LogP contribution in [0.2, 0.25) is 0 Å². The number of halogens is 1. The third kappa shape index (κ3) is 1.79. The van der Waals surface area contributed by atoms with Gasteiger partial charge in [0.25, 0.3) is 0 Å². The molecule has 16 heavy (non-hydrogen) atoms. The van der Waals surface area contributed by atoms with Crippen molar-refractivity contribution < 1.29 is 9.52 Å². The molecule has 0 fully saturated rings. The van der Waals surface area contributed by atoms with Crippen LogP contribution < -0.4 is 11.5 Å². The predicted molar refractivity (Wildman–Crippen MR) is 63.6 cm³/mol. The topological polar surface area (TPSA) is 88.8 Å². The van der Waals surface area contributed by atoms with E-state index in [1.165, 1.54) is 18.3 Å². The third-order valence-corrected chi connectivity index (χ3v) is 2.69. The molecule has 0 saturated carbocycles. The van der Waals surface area contributed by atoms with Gasteiger partial charge in [0.15, 0.2) is 0 Å². The Bertz CT molecular complexity index is 634. The fourth-order valence-corrected chi connectivity index (χ4v) is 1.73. The zero-order valence-corrected chi connectivity index (χ0v) is 9.56. The molecular formula is C10H7BrN2O3. The lowest BCUT2D eigenvalue weighted by atomic mass is 10.1. The van der Waals surface area contributed by atoms with Crippen molar-refractivity contribution in [3.05, 3.63) is 38.7 Å². The summed E-state index contributed by atoms with van der Waals surface area (Å²) >= 11 is 3.17. The molecular weight excluding hydrogens is 276 g/mol. The molecule has 6 heteroatoms. The van der Waals surface area contributed by atoms with Crippen LogP contribution in [0.5, 0.6) is 5.75 Å². The molecule has 3 N–H and O–H groups in total. The number of rotatable bonds is 1. The quantitative estimate of drug-likeness (QED) is 0.359. The van der Waals surface area contributed by atoms with E-state index in [1.807, 2.05) is 0 Å². The molecule has 0 unspecified atom stereocenters. The Balaban J connectivity index is 2.90. The van der Waals surface area contributed by atoms with Gasteiger partial charge < -0.3 is 15.4 Å². The summed E-state index contributed by atoms with van der Waals surface area (Å²) in [6, 6.07) is 4.27. The molecule has 1 aromatic heterocycles. The molecule has 82 valence electrons. The molecule has 0 saturated heterocycles. The van der Waals surface area contributed by atoms with Gasteiger partial charge in [-0.2, -0.15) is 5.10 Å². The Morgan fingerprint density at radius 1 is 1.44 bits per heavy atom. The highest BCUT2D eigenvalue weighted by Crippen LogP contribution is 2.29. The van der Waals surface area contributed by atoms with Gasteiger partial charge in [-0.3, -0.25) is 0 Å². The zero-order valence-electron chi connectivity index (χ0n) is 7.98. The second-order valence-corrected chi connectivity index (χ2v) is 3.95. The largest absolute Gasteiger partial charge is 0.507 e. The molecule has 1 aromatic carbocycles. The number of aromatic hydroxyl groups is 1. The number of fused-ring (bicyclic) bond motifs is 1. The number of hydrogen-bond acceptors (Lipinski definition) is 5. The minimum absolute atomic E-state index is 0.00233. The van der Waals surface area contributed by atoms with E-state index < -0.39 is 5.63 Å². The Labute approximate surface area is 98.3 Å². The first-order valence-corrected chi connectivity index (χ1v) is 5.11. The summed E-state index contributed by atoms with van der Waals surface area (Å²) in [5.41, 5.74) is 0.293. The number of nitrogens with zero attached hydrogens (tertiary/aromatic N) is 1. The SMILES string of the molecule is NN=Cc1cc(=O)oc2cc(O)c(Br)cc12. The Kier molecular flexibility index (Phi) is 2.66. The van der Waals surface area contributed by atoms with Crippen LogP contribution in [0.1, 0.15) is 5.56 Å². The highest BCUT2D eigenvalue weighted by Gasteiger charge is 2.07. The van der Waals surface area contributed by atoms with E-state index in [1.54, 1.807) is 6.07 Å². The molecule has 1 heterocycles.